The van der Waals surface area contributed by atoms with Gasteiger partial charge in [-0.2, -0.15) is 0 Å². The highest BCUT2D eigenvalue weighted by Crippen LogP contribution is 2.23. The number of benzene rings is 2. The van der Waals surface area contributed by atoms with Crippen molar-refractivity contribution >= 4 is 29.4 Å². The molecule has 2 aromatic rings. The highest BCUT2D eigenvalue weighted by molar-refractivity contribution is 6.21. The summed E-state index contributed by atoms with van der Waals surface area (Å²) >= 11 is 0. The molecule has 0 unspecified atom stereocenters. The van der Waals surface area contributed by atoms with E-state index in [9.17, 15) is 19.2 Å². The Balaban J connectivity index is 1.14. The fraction of sp³-hybridized carbons (Fsp3) is 0.407. The Labute approximate surface area is 199 Å². The zero-order valence-corrected chi connectivity index (χ0v) is 19.3. The van der Waals surface area contributed by atoms with E-state index in [1.54, 1.807) is 48.5 Å². The summed E-state index contributed by atoms with van der Waals surface area (Å²) in [4.78, 5) is 50.5. The van der Waals surface area contributed by atoms with Gasteiger partial charge >= 0.3 is 5.97 Å². The number of anilines is 1. The molecule has 0 saturated heterocycles. The van der Waals surface area contributed by atoms with Crippen LogP contribution in [0, 0.1) is 0 Å². The van der Waals surface area contributed by atoms with Crippen LogP contribution in [0.1, 0.15) is 88.9 Å². The van der Waals surface area contributed by atoms with Crippen molar-refractivity contribution in [3.05, 3.63) is 65.2 Å². The van der Waals surface area contributed by atoms with Gasteiger partial charge in [-0.15, -0.1) is 0 Å². The standard InChI is InChI=1S/C27H30N2O5/c30-24(13-5-2-8-18-29-25(31)22-11-6-7-12-23(22)26(29)32)28-20-16-14-19(15-17-20)27(33)34-21-9-3-1-4-10-21/h6-7,11-12,14-17,21H,1-5,8-10,13,18H2,(H,28,30). The molecule has 1 aliphatic heterocycles. The molecule has 0 atom stereocenters. The number of fused-ring (bicyclic) bond motifs is 1. The summed E-state index contributed by atoms with van der Waals surface area (Å²) in [6.07, 6.45) is 7.65. The zero-order chi connectivity index (χ0) is 23.9. The lowest BCUT2D eigenvalue weighted by atomic mass is 9.98. The molecule has 2 aliphatic rings. The third-order valence-electron chi connectivity index (χ3n) is 6.39. The van der Waals surface area contributed by atoms with Crippen LogP contribution in [0.25, 0.3) is 0 Å². The number of nitrogens with one attached hydrogen (secondary N) is 1. The second kappa shape index (κ2) is 11.1. The number of rotatable bonds is 9. The van der Waals surface area contributed by atoms with Crippen LogP contribution in [0.3, 0.4) is 0 Å². The van der Waals surface area contributed by atoms with Crippen LogP contribution in [-0.4, -0.2) is 41.2 Å². The highest BCUT2D eigenvalue weighted by Gasteiger charge is 2.34. The molecular formula is C27H30N2O5. The number of amides is 3. The first-order valence-corrected chi connectivity index (χ1v) is 12.1. The Morgan fingerprint density at radius 3 is 2.15 bits per heavy atom. The maximum Gasteiger partial charge on any atom is 0.338 e. The van der Waals surface area contributed by atoms with E-state index < -0.39 is 0 Å². The van der Waals surface area contributed by atoms with Crippen molar-refractivity contribution in [2.24, 2.45) is 0 Å². The van der Waals surface area contributed by atoms with Crippen LogP contribution in [0.15, 0.2) is 48.5 Å². The van der Waals surface area contributed by atoms with Gasteiger partial charge in [0.1, 0.15) is 6.10 Å². The number of hydrogen-bond donors (Lipinski definition) is 1. The Kier molecular flexibility index (Phi) is 7.72. The lowest BCUT2D eigenvalue weighted by Gasteiger charge is -2.21. The first kappa shape index (κ1) is 23.7. The predicted molar refractivity (Wildman–Crippen MR) is 128 cm³/mol. The highest BCUT2D eigenvalue weighted by atomic mass is 16.5. The minimum Gasteiger partial charge on any atom is -0.459 e. The number of carbonyl (C=O) groups is 4. The maximum atomic E-state index is 12.4. The van der Waals surface area contributed by atoms with Crippen molar-refractivity contribution < 1.29 is 23.9 Å². The number of unbranched alkanes of at least 4 members (excludes halogenated alkanes) is 2. The van der Waals surface area contributed by atoms with Gasteiger partial charge in [-0.3, -0.25) is 19.3 Å². The smallest absolute Gasteiger partial charge is 0.338 e. The molecule has 1 fully saturated rings. The molecule has 0 aromatic heterocycles. The lowest BCUT2D eigenvalue weighted by Crippen LogP contribution is -2.30. The summed E-state index contributed by atoms with van der Waals surface area (Å²) < 4.78 is 5.57. The summed E-state index contributed by atoms with van der Waals surface area (Å²) in [5.41, 5.74) is 2.03. The maximum absolute atomic E-state index is 12.4. The van der Waals surface area contributed by atoms with Gasteiger partial charge in [0.2, 0.25) is 5.91 Å². The van der Waals surface area contributed by atoms with Crippen LogP contribution in [0.4, 0.5) is 5.69 Å². The lowest BCUT2D eigenvalue weighted by molar-refractivity contribution is -0.116. The minimum absolute atomic E-state index is 0.0117. The molecule has 0 spiro atoms. The van der Waals surface area contributed by atoms with Gasteiger partial charge in [-0.05, 0) is 74.9 Å². The van der Waals surface area contributed by atoms with E-state index in [4.69, 9.17) is 4.74 Å². The molecule has 0 bridgehead atoms. The van der Waals surface area contributed by atoms with E-state index in [1.807, 2.05) is 0 Å². The van der Waals surface area contributed by atoms with Crippen molar-refractivity contribution in [1.29, 1.82) is 0 Å². The van der Waals surface area contributed by atoms with E-state index in [2.05, 4.69) is 5.32 Å². The van der Waals surface area contributed by atoms with Crippen molar-refractivity contribution in [2.45, 2.75) is 63.9 Å². The van der Waals surface area contributed by atoms with Gasteiger partial charge < -0.3 is 10.1 Å². The van der Waals surface area contributed by atoms with Crippen molar-refractivity contribution in [3.63, 3.8) is 0 Å². The molecule has 0 radical (unpaired) electrons. The van der Waals surface area contributed by atoms with Crippen LogP contribution in [0.5, 0.6) is 0 Å². The average Bonchev–Trinajstić information content (AvgIpc) is 3.10. The normalized spacial score (nSPS) is 15.8. The SMILES string of the molecule is O=C(CCCCCN1C(=O)c2ccccc2C1=O)Nc1ccc(C(=O)OC2CCCCC2)cc1. The monoisotopic (exact) mass is 462 g/mol. The number of nitrogens with zero attached hydrogens (tertiary/aromatic N) is 1. The summed E-state index contributed by atoms with van der Waals surface area (Å²) in [6, 6.07) is 13.6. The number of carbonyl (C=O) groups excluding carboxylic acids is 4. The van der Waals surface area contributed by atoms with Crippen molar-refractivity contribution in [2.75, 3.05) is 11.9 Å². The topological polar surface area (TPSA) is 92.8 Å². The Morgan fingerprint density at radius 2 is 1.50 bits per heavy atom. The number of ether oxygens (including phenoxy) is 1. The fourth-order valence-electron chi connectivity index (χ4n) is 4.49. The third-order valence-corrected chi connectivity index (χ3v) is 6.39. The molecule has 3 amide bonds. The minimum atomic E-state index is -0.317. The molecule has 1 heterocycles. The Morgan fingerprint density at radius 1 is 0.853 bits per heavy atom. The fourth-order valence-corrected chi connectivity index (χ4v) is 4.49. The molecule has 1 saturated carbocycles. The summed E-state index contributed by atoms with van der Waals surface area (Å²) in [5, 5.41) is 2.84. The quantitative estimate of drug-likeness (QED) is 0.323. The van der Waals surface area contributed by atoms with Gasteiger partial charge in [0.25, 0.3) is 11.8 Å². The molecule has 7 nitrogen and oxygen atoms in total. The van der Waals surface area contributed by atoms with Crippen LogP contribution < -0.4 is 5.32 Å². The Bertz CT molecular complexity index is 1020. The van der Waals surface area contributed by atoms with Gasteiger partial charge in [0.15, 0.2) is 0 Å². The Hall–Kier alpha value is -3.48. The number of imide groups is 1. The van der Waals surface area contributed by atoms with Crippen molar-refractivity contribution in [3.8, 4) is 0 Å². The second-order valence-electron chi connectivity index (χ2n) is 8.91. The zero-order valence-electron chi connectivity index (χ0n) is 19.3. The van der Waals surface area contributed by atoms with E-state index in [1.165, 1.54) is 11.3 Å². The molecule has 2 aromatic carbocycles. The first-order valence-electron chi connectivity index (χ1n) is 12.1. The third kappa shape index (κ3) is 5.71. The molecule has 1 aliphatic carbocycles. The molecule has 4 rings (SSSR count). The molecule has 178 valence electrons. The van der Waals surface area contributed by atoms with E-state index in [0.29, 0.717) is 48.2 Å². The van der Waals surface area contributed by atoms with Crippen molar-refractivity contribution in [1.82, 2.24) is 4.90 Å². The van der Waals surface area contributed by atoms with Crippen LogP contribution >= 0.6 is 0 Å². The van der Waals surface area contributed by atoms with Crippen LogP contribution in [0.2, 0.25) is 0 Å². The summed E-state index contributed by atoms with van der Waals surface area (Å²) in [7, 11) is 0. The summed E-state index contributed by atoms with van der Waals surface area (Å²) in [6.45, 7) is 0.354. The number of esters is 1. The van der Waals surface area contributed by atoms with E-state index >= 15 is 0 Å². The summed E-state index contributed by atoms with van der Waals surface area (Å²) in [5.74, 6) is -0.921. The van der Waals surface area contributed by atoms with Gasteiger partial charge in [-0.1, -0.05) is 25.0 Å². The molecular weight excluding hydrogens is 432 g/mol. The first-order chi connectivity index (χ1) is 16.5. The second-order valence-corrected chi connectivity index (χ2v) is 8.91. The van der Waals surface area contributed by atoms with E-state index in [0.717, 1.165) is 32.1 Å². The van der Waals surface area contributed by atoms with Crippen LogP contribution in [-0.2, 0) is 9.53 Å². The largest absolute Gasteiger partial charge is 0.459 e. The van der Waals surface area contributed by atoms with E-state index in [-0.39, 0.29) is 29.8 Å². The van der Waals surface area contributed by atoms with Gasteiger partial charge in [0, 0.05) is 18.7 Å². The predicted octanol–water partition coefficient (Wildman–Crippen LogP) is 4.97. The van der Waals surface area contributed by atoms with Gasteiger partial charge in [-0.25, -0.2) is 4.79 Å². The number of hydrogen-bond acceptors (Lipinski definition) is 5. The molecule has 7 heteroatoms. The molecule has 1 N–H and O–H groups in total. The molecule has 34 heavy (non-hydrogen) atoms. The average molecular weight is 463 g/mol. The van der Waals surface area contributed by atoms with Gasteiger partial charge in [0.05, 0.1) is 16.7 Å².